The number of carboxylic acid groups (broad SMARTS) is 2. The number of nitrogens with zero attached hydrogens (tertiary/aromatic N) is 6. The number of hydrogen-bond donors (Lipinski definition) is 6. The van der Waals surface area contributed by atoms with E-state index in [-0.39, 0.29) is 108 Å². The Morgan fingerprint density at radius 1 is 0.562 bits per heavy atom. The lowest BCUT2D eigenvalue weighted by Crippen LogP contribution is -2.39. The molecule has 73 heavy (non-hydrogen) atoms. The van der Waals surface area contributed by atoms with Crippen LogP contribution in [0.4, 0.5) is 0 Å². The van der Waals surface area contributed by atoms with Gasteiger partial charge in [0.15, 0.2) is 0 Å². The number of ether oxygens (including phenoxy) is 4. The van der Waals surface area contributed by atoms with Crippen LogP contribution in [0.2, 0.25) is 10.0 Å². The molecule has 0 bridgehead atoms. The first-order valence-corrected chi connectivity index (χ1v) is 23.0. The van der Waals surface area contributed by atoms with E-state index in [2.05, 4.69) is 20.6 Å². The summed E-state index contributed by atoms with van der Waals surface area (Å²) in [6, 6.07) is 29.4. The van der Waals surface area contributed by atoms with Gasteiger partial charge in [-0.05, 0) is 113 Å². The lowest BCUT2D eigenvalue weighted by atomic mass is 9.92. The van der Waals surface area contributed by atoms with Crippen LogP contribution in [-0.4, -0.2) is 67.6 Å². The average Bonchev–Trinajstić information content (AvgIpc) is 3.38. The number of aliphatic hydroxyl groups is 2. The molecular formula is C53H46Cl2N8O10. The molecule has 0 saturated carbocycles. The SMILES string of the molecule is Cc1c(COc2nc(OCc3cc(C#N)cc(C#N)c3)c(CN[C@@H](CO)C(=O)O)cc2Cl)cccc1-c1cccc(COc2nc(OCc3cc(C#N)cc(C#N)c3)c(CN[C@@H](CCO)C(=O)O)cc2Cl)c1C. The molecule has 2 atom stereocenters. The molecule has 2 heterocycles. The molecule has 6 rings (SSSR count). The van der Waals surface area contributed by atoms with E-state index in [0.29, 0.717) is 22.3 Å². The van der Waals surface area contributed by atoms with Gasteiger partial charge in [-0.3, -0.25) is 14.9 Å². The summed E-state index contributed by atoms with van der Waals surface area (Å²) in [4.78, 5) is 32.6. The molecule has 6 aromatic rings. The summed E-state index contributed by atoms with van der Waals surface area (Å²) in [6.45, 7) is 2.53. The van der Waals surface area contributed by atoms with Gasteiger partial charge in [0.05, 0.1) is 53.1 Å². The Morgan fingerprint density at radius 2 is 0.945 bits per heavy atom. The van der Waals surface area contributed by atoms with Gasteiger partial charge in [0, 0.05) is 30.8 Å². The average molecular weight is 1030 g/mol. The highest BCUT2D eigenvalue weighted by Gasteiger charge is 2.22. The maximum absolute atomic E-state index is 11.8. The molecule has 372 valence electrons. The number of nitriles is 4. The minimum absolute atomic E-state index is 0.0126. The van der Waals surface area contributed by atoms with Gasteiger partial charge in [0.2, 0.25) is 23.5 Å². The van der Waals surface area contributed by atoms with Crippen LogP contribution in [0.3, 0.4) is 0 Å². The van der Waals surface area contributed by atoms with Crippen molar-refractivity contribution in [2.24, 2.45) is 0 Å². The fraction of sp³-hybridized carbons (Fsp3) is 0.245. The summed E-state index contributed by atoms with van der Waals surface area (Å²) >= 11 is 13.4. The lowest BCUT2D eigenvalue weighted by Gasteiger charge is -2.19. The Labute approximate surface area is 429 Å². The fourth-order valence-electron chi connectivity index (χ4n) is 7.50. The Kier molecular flexibility index (Phi) is 19.0. The van der Waals surface area contributed by atoms with E-state index in [0.717, 1.165) is 33.4 Å². The largest absolute Gasteiger partial charge is 0.480 e. The minimum Gasteiger partial charge on any atom is -0.480 e. The van der Waals surface area contributed by atoms with E-state index >= 15 is 0 Å². The number of aromatic nitrogens is 2. The lowest BCUT2D eigenvalue weighted by molar-refractivity contribution is -0.141. The number of benzene rings is 4. The summed E-state index contributed by atoms with van der Waals surface area (Å²) in [5.41, 5.74) is 7.94. The van der Waals surface area contributed by atoms with Crippen LogP contribution in [0.1, 0.15) is 73.2 Å². The van der Waals surface area contributed by atoms with E-state index in [9.17, 15) is 51.1 Å². The molecule has 6 N–H and O–H groups in total. The van der Waals surface area contributed by atoms with Gasteiger partial charge in [-0.25, -0.2) is 0 Å². The van der Waals surface area contributed by atoms with Crippen molar-refractivity contribution in [3.05, 3.63) is 162 Å². The molecule has 0 fully saturated rings. The number of pyridine rings is 2. The van der Waals surface area contributed by atoms with Crippen molar-refractivity contribution in [3.8, 4) is 58.9 Å². The van der Waals surface area contributed by atoms with Crippen LogP contribution >= 0.6 is 23.2 Å². The zero-order chi connectivity index (χ0) is 52.6. The van der Waals surface area contributed by atoms with E-state index < -0.39 is 30.6 Å². The number of aliphatic carboxylic acids is 2. The van der Waals surface area contributed by atoms with Gasteiger partial charge in [-0.15, -0.1) is 0 Å². The van der Waals surface area contributed by atoms with Gasteiger partial charge >= 0.3 is 11.9 Å². The summed E-state index contributed by atoms with van der Waals surface area (Å²) < 4.78 is 24.6. The molecule has 0 aliphatic heterocycles. The van der Waals surface area contributed by atoms with Crippen molar-refractivity contribution in [2.75, 3.05) is 13.2 Å². The molecule has 0 aliphatic carbocycles. The normalized spacial score (nSPS) is 11.5. The first kappa shape index (κ1) is 54.0. The van der Waals surface area contributed by atoms with Crippen molar-refractivity contribution in [1.82, 2.24) is 20.6 Å². The zero-order valence-electron chi connectivity index (χ0n) is 39.3. The highest BCUT2D eigenvalue weighted by molar-refractivity contribution is 6.32. The standard InChI is InChI=1S/C53H46Cl2N8O10/c1-30-38(28-72-50-44(54)17-40(23-60-46(9-10-64)52(66)67)48(62-50)70-26-36-13-32(19-56)11-33(14-36)20-57)5-3-7-42(30)43-8-4-6-39(31(43)2)29-73-51-45(55)18-41(24-61-47(25-65)53(68)69)49(63-51)71-27-37-15-34(21-58)12-35(16-37)22-59/h3-8,11-18,46-47,60-61,64-65H,9-10,23-29H2,1-2H3,(H,66,67)(H,68,69)/t46-,47-/m0/s1. The minimum atomic E-state index is -1.29. The Morgan fingerprint density at radius 3 is 1.30 bits per heavy atom. The topological polar surface area (TPSA) is 297 Å². The van der Waals surface area contributed by atoms with E-state index in [1.807, 2.05) is 74.5 Å². The summed E-state index contributed by atoms with van der Waals surface area (Å²) in [7, 11) is 0. The third-order valence-corrected chi connectivity index (χ3v) is 11.9. The number of carbonyl (C=O) groups is 2. The molecule has 0 spiro atoms. The fourth-order valence-corrected chi connectivity index (χ4v) is 7.96. The van der Waals surface area contributed by atoms with Crippen LogP contribution in [0.5, 0.6) is 23.5 Å². The highest BCUT2D eigenvalue weighted by atomic mass is 35.5. The second-order valence-corrected chi connectivity index (χ2v) is 17.2. The van der Waals surface area contributed by atoms with Crippen LogP contribution in [0.25, 0.3) is 11.1 Å². The third-order valence-electron chi connectivity index (χ3n) is 11.4. The van der Waals surface area contributed by atoms with Crippen molar-refractivity contribution in [2.45, 2.75) is 71.9 Å². The van der Waals surface area contributed by atoms with Crippen LogP contribution < -0.4 is 29.6 Å². The number of carboxylic acids is 2. The van der Waals surface area contributed by atoms with Gasteiger partial charge in [0.1, 0.15) is 48.6 Å². The summed E-state index contributed by atoms with van der Waals surface area (Å²) in [5, 5.41) is 81.9. The van der Waals surface area contributed by atoms with Crippen LogP contribution in [0.15, 0.2) is 84.9 Å². The smallest absolute Gasteiger partial charge is 0.323 e. The maximum atomic E-state index is 11.8. The summed E-state index contributed by atoms with van der Waals surface area (Å²) in [5.74, 6) is -2.31. The molecule has 0 amide bonds. The van der Waals surface area contributed by atoms with Crippen molar-refractivity contribution in [3.63, 3.8) is 0 Å². The zero-order valence-corrected chi connectivity index (χ0v) is 40.8. The third kappa shape index (κ3) is 14.2. The molecule has 0 radical (unpaired) electrons. The second kappa shape index (κ2) is 25.7. The van der Waals surface area contributed by atoms with Crippen LogP contribution in [0, 0.1) is 59.2 Å². The molecule has 0 aliphatic rings. The Hall–Kier alpha value is -8.30. The number of rotatable bonds is 24. The predicted octanol–water partition coefficient (Wildman–Crippen LogP) is 7.33. The van der Waals surface area contributed by atoms with Crippen molar-refractivity contribution in [1.29, 1.82) is 21.0 Å². The Bertz CT molecular complexity index is 3140. The van der Waals surface area contributed by atoms with Gasteiger partial charge in [-0.2, -0.15) is 31.0 Å². The monoisotopic (exact) mass is 1020 g/mol. The maximum Gasteiger partial charge on any atom is 0.323 e. The molecule has 2 aromatic heterocycles. The second-order valence-electron chi connectivity index (χ2n) is 16.3. The van der Waals surface area contributed by atoms with Crippen LogP contribution in [-0.2, 0) is 49.1 Å². The molecule has 4 aromatic carbocycles. The van der Waals surface area contributed by atoms with Gasteiger partial charge < -0.3 is 44.7 Å². The Balaban J connectivity index is 1.22. The van der Waals surface area contributed by atoms with Crippen molar-refractivity contribution >= 4 is 35.1 Å². The quantitative estimate of drug-likeness (QED) is 0.0346. The van der Waals surface area contributed by atoms with Gasteiger partial charge in [0.25, 0.3) is 0 Å². The molecule has 0 saturated heterocycles. The van der Waals surface area contributed by atoms with E-state index in [4.69, 9.17) is 42.1 Å². The van der Waals surface area contributed by atoms with Crippen molar-refractivity contribution < 1.29 is 49.0 Å². The first-order chi connectivity index (χ1) is 35.2. The highest BCUT2D eigenvalue weighted by Crippen LogP contribution is 2.35. The predicted molar refractivity (Wildman–Crippen MR) is 264 cm³/mol. The van der Waals surface area contributed by atoms with Gasteiger partial charge in [-0.1, -0.05) is 59.6 Å². The first-order valence-electron chi connectivity index (χ1n) is 22.3. The van der Waals surface area contributed by atoms with E-state index in [1.54, 1.807) is 24.3 Å². The number of hydrogen-bond acceptors (Lipinski definition) is 16. The molecule has 18 nitrogen and oxygen atoms in total. The summed E-state index contributed by atoms with van der Waals surface area (Å²) in [6.07, 6.45) is -0.0537. The van der Waals surface area contributed by atoms with E-state index in [1.165, 1.54) is 24.3 Å². The number of aliphatic hydroxyl groups excluding tert-OH is 2. The number of nitrogens with one attached hydrogen (secondary N) is 2. The number of halogens is 2. The molecular weight excluding hydrogens is 980 g/mol. The molecule has 0 unspecified atom stereocenters. The molecule has 20 heteroatoms.